The number of carbonyl (C=O) groups is 1. The van der Waals surface area contributed by atoms with Gasteiger partial charge in [-0.05, 0) is 24.1 Å². The van der Waals surface area contributed by atoms with Crippen molar-refractivity contribution in [3.8, 4) is 0 Å². The summed E-state index contributed by atoms with van der Waals surface area (Å²) in [5.74, 6) is -1.15. The Bertz CT molecular complexity index is 839. The highest BCUT2D eigenvalue weighted by molar-refractivity contribution is 7.90. The van der Waals surface area contributed by atoms with E-state index in [1.54, 1.807) is 24.3 Å². The number of nitrogens with one attached hydrogen (secondary N) is 1. The molecule has 6 nitrogen and oxygen atoms in total. The topological polar surface area (TPSA) is 104 Å². The zero-order valence-electron chi connectivity index (χ0n) is 14.4. The van der Waals surface area contributed by atoms with Gasteiger partial charge in [-0.3, -0.25) is 10.2 Å². The predicted octanol–water partition coefficient (Wildman–Crippen LogP) is 2.53. The van der Waals surface area contributed by atoms with E-state index < -0.39 is 33.3 Å². The van der Waals surface area contributed by atoms with Gasteiger partial charge < -0.3 is 10.6 Å². The fourth-order valence-electron chi connectivity index (χ4n) is 2.08. The molecule has 0 aromatic heterocycles. The fraction of sp³-hybridized carbons (Fsp3) is 0.375. The monoisotopic (exact) mass is 425 g/mol. The summed E-state index contributed by atoms with van der Waals surface area (Å²) in [4.78, 5) is 13.6. The van der Waals surface area contributed by atoms with Crippen LogP contribution in [0.1, 0.15) is 12.0 Å². The van der Waals surface area contributed by atoms with Crippen molar-refractivity contribution in [2.75, 3.05) is 18.6 Å². The van der Waals surface area contributed by atoms with Gasteiger partial charge in [0.1, 0.15) is 15.5 Å². The van der Waals surface area contributed by atoms with Crippen molar-refractivity contribution in [1.82, 2.24) is 4.90 Å². The second-order valence-electron chi connectivity index (χ2n) is 5.81. The first kappa shape index (κ1) is 23.0. The second kappa shape index (κ2) is 9.23. The summed E-state index contributed by atoms with van der Waals surface area (Å²) < 4.78 is 60.0. The van der Waals surface area contributed by atoms with Crippen LogP contribution < -0.4 is 5.73 Å². The molecule has 0 atom stereocenters. The van der Waals surface area contributed by atoms with Crippen LogP contribution in [0, 0.1) is 5.41 Å². The van der Waals surface area contributed by atoms with Gasteiger partial charge in [-0.15, -0.1) is 0 Å². The van der Waals surface area contributed by atoms with Crippen LogP contribution in [0.3, 0.4) is 0 Å². The van der Waals surface area contributed by atoms with Crippen molar-refractivity contribution in [2.45, 2.75) is 19.1 Å². The Morgan fingerprint density at radius 3 is 2.44 bits per heavy atom. The van der Waals surface area contributed by atoms with E-state index in [0.717, 1.165) is 11.2 Å². The zero-order chi connectivity index (χ0) is 20.8. The van der Waals surface area contributed by atoms with E-state index >= 15 is 0 Å². The number of nitrogens with two attached hydrogens (primary N) is 1. The largest absolute Gasteiger partial charge is 0.432 e. The minimum absolute atomic E-state index is 0.0645. The van der Waals surface area contributed by atoms with E-state index in [1.165, 1.54) is 0 Å². The summed E-state index contributed by atoms with van der Waals surface area (Å²) in [5, 5.41) is 7.26. The average Bonchev–Trinajstić information content (AvgIpc) is 2.53. The molecule has 0 bridgehead atoms. The molecule has 150 valence electrons. The smallest absolute Gasteiger partial charge is 0.394 e. The van der Waals surface area contributed by atoms with Crippen molar-refractivity contribution >= 4 is 33.1 Å². The summed E-state index contributed by atoms with van der Waals surface area (Å²) >= 11 is 6.04. The van der Waals surface area contributed by atoms with Crippen LogP contribution in [0.5, 0.6) is 0 Å². The molecule has 1 aromatic rings. The number of sulfone groups is 1. The molecule has 3 N–H and O–H groups in total. The lowest BCUT2D eigenvalue weighted by atomic mass is 10.2. The van der Waals surface area contributed by atoms with Crippen LogP contribution in [-0.4, -0.2) is 49.7 Å². The van der Waals surface area contributed by atoms with E-state index in [2.05, 4.69) is 0 Å². The van der Waals surface area contributed by atoms with Crippen LogP contribution in [0.15, 0.2) is 36.0 Å². The number of allylic oxidation sites excluding steroid dienone is 1. The van der Waals surface area contributed by atoms with Crippen molar-refractivity contribution < 1.29 is 26.4 Å². The van der Waals surface area contributed by atoms with E-state index in [1.807, 2.05) is 0 Å². The van der Waals surface area contributed by atoms with Gasteiger partial charge in [0, 0.05) is 24.4 Å². The first-order valence-corrected chi connectivity index (χ1v) is 10.1. The Morgan fingerprint density at radius 2 is 1.93 bits per heavy atom. The molecule has 0 radical (unpaired) electrons. The summed E-state index contributed by atoms with van der Waals surface area (Å²) in [6.45, 7) is -0.138. The predicted molar refractivity (Wildman–Crippen MR) is 97.2 cm³/mol. The maximum absolute atomic E-state index is 12.5. The molecule has 0 aliphatic heterocycles. The van der Waals surface area contributed by atoms with Crippen molar-refractivity contribution in [1.29, 1.82) is 5.41 Å². The van der Waals surface area contributed by atoms with Crippen molar-refractivity contribution in [3.05, 3.63) is 46.6 Å². The molecule has 11 heteroatoms. The molecule has 0 aliphatic carbocycles. The van der Waals surface area contributed by atoms with Crippen LogP contribution in [-0.2, 0) is 21.2 Å². The standard InChI is InChI=1S/C16H19ClF3N3O3S/c1-27(25,26)8-4-7-23(10-11-5-2-3-6-12(11)17)15(24)13(21)9-14(22)16(18,19)20/h2-3,5-6,9,22H,4,7-8,10,21H2,1H3/b13-9-,22-14?. The van der Waals surface area contributed by atoms with Gasteiger partial charge in [-0.1, -0.05) is 29.8 Å². The maximum Gasteiger partial charge on any atom is 0.432 e. The van der Waals surface area contributed by atoms with E-state index in [0.29, 0.717) is 10.6 Å². The van der Waals surface area contributed by atoms with Gasteiger partial charge in [-0.2, -0.15) is 13.2 Å². The molecular formula is C16H19ClF3N3O3S. The number of carbonyl (C=O) groups excluding carboxylic acids is 1. The Hall–Kier alpha value is -2.07. The summed E-state index contributed by atoms with van der Waals surface area (Å²) in [6.07, 6.45) is -3.60. The van der Waals surface area contributed by atoms with Crippen LogP contribution in [0.2, 0.25) is 5.02 Å². The molecule has 0 unspecified atom stereocenters. The third-order valence-corrected chi connectivity index (χ3v) is 4.80. The SMILES string of the molecule is CS(=O)(=O)CCCN(Cc1ccccc1Cl)C(=O)/C(N)=C/C(=N)C(F)(F)F. The minimum atomic E-state index is -4.94. The molecule has 0 aliphatic rings. The highest BCUT2D eigenvalue weighted by Gasteiger charge is 2.33. The molecule has 1 amide bonds. The number of rotatable bonds is 8. The molecule has 0 fully saturated rings. The lowest BCUT2D eigenvalue weighted by molar-refractivity contribution is -0.127. The average molecular weight is 426 g/mol. The van der Waals surface area contributed by atoms with Crippen LogP contribution in [0.4, 0.5) is 13.2 Å². The number of hydrogen-bond acceptors (Lipinski definition) is 5. The van der Waals surface area contributed by atoms with E-state index in [4.69, 9.17) is 22.7 Å². The molecule has 0 saturated heterocycles. The molecule has 0 saturated carbocycles. The Labute approximate surface area is 160 Å². The number of alkyl halides is 3. The normalized spacial score (nSPS) is 12.7. The summed E-state index contributed by atoms with van der Waals surface area (Å²) in [5.41, 5.74) is 3.43. The lowest BCUT2D eigenvalue weighted by Gasteiger charge is -2.23. The highest BCUT2D eigenvalue weighted by atomic mass is 35.5. The Morgan fingerprint density at radius 1 is 1.33 bits per heavy atom. The Balaban J connectivity index is 3.04. The summed E-state index contributed by atoms with van der Waals surface area (Å²) in [6, 6.07) is 6.53. The number of hydrogen-bond donors (Lipinski definition) is 2. The maximum atomic E-state index is 12.5. The molecule has 0 spiro atoms. The van der Waals surface area contributed by atoms with Crippen LogP contribution >= 0.6 is 11.6 Å². The van der Waals surface area contributed by atoms with Crippen molar-refractivity contribution in [3.63, 3.8) is 0 Å². The number of benzene rings is 1. The summed E-state index contributed by atoms with van der Waals surface area (Å²) in [7, 11) is -3.28. The second-order valence-corrected chi connectivity index (χ2v) is 8.48. The van der Waals surface area contributed by atoms with Crippen molar-refractivity contribution in [2.24, 2.45) is 5.73 Å². The van der Waals surface area contributed by atoms with E-state index in [-0.39, 0.29) is 31.3 Å². The number of amides is 1. The zero-order valence-corrected chi connectivity index (χ0v) is 16.0. The highest BCUT2D eigenvalue weighted by Crippen LogP contribution is 2.20. The molecular weight excluding hydrogens is 407 g/mol. The van der Waals surface area contributed by atoms with Gasteiger partial charge in [0.2, 0.25) is 0 Å². The molecule has 1 rings (SSSR count). The van der Waals surface area contributed by atoms with Gasteiger partial charge in [-0.25, -0.2) is 8.42 Å². The molecule has 27 heavy (non-hydrogen) atoms. The molecule has 1 aromatic carbocycles. The van der Waals surface area contributed by atoms with Gasteiger partial charge in [0.15, 0.2) is 0 Å². The third kappa shape index (κ3) is 8.00. The quantitative estimate of drug-likeness (QED) is 0.493. The molecule has 0 heterocycles. The van der Waals surface area contributed by atoms with E-state index in [9.17, 15) is 26.4 Å². The van der Waals surface area contributed by atoms with Gasteiger partial charge in [0.25, 0.3) is 5.91 Å². The van der Waals surface area contributed by atoms with Gasteiger partial charge in [0.05, 0.1) is 11.4 Å². The first-order valence-electron chi connectivity index (χ1n) is 7.64. The Kier molecular flexibility index (Phi) is 7.85. The number of halogens is 4. The fourth-order valence-corrected chi connectivity index (χ4v) is 2.93. The number of nitrogens with zero attached hydrogens (tertiary/aromatic N) is 1. The third-order valence-electron chi connectivity index (χ3n) is 3.40. The van der Waals surface area contributed by atoms with Gasteiger partial charge >= 0.3 is 6.18 Å². The lowest BCUT2D eigenvalue weighted by Crippen LogP contribution is -2.36. The van der Waals surface area contributed by atoms with Crippen LogP contribution in [0.25, 0.3) is 0 Å². The first-order chi connectivity index (χ1) is 12.3. The minimum Gasteiger partial charge on any atom is -0.394 e.